The van der Waals surface area contributed by atoms with Gasteiger partial charge in [-0.05, 0) is 56.4 Å². The number of carboxylic acids is 1. The van der Waals surface area contributed by atoms with Crippen LogP contribution in [0, 0.1) is 23.2 Å². The Bertz CT molecular complexity index is 730. The van der Waals surface area contributed by atoms with E-state index in [9.17, 15) is 24.9 Å². The lowest BCUT2D eigenvalue weighted by Gasteiger charge is -2.43. The summed E-state index contributed by atoms with van der Waals surface area (Å²) in [6.45, 7) is 8.08. The molecule has 0 heterocycles. The van der Waals surface area contributed by atoms with Crippen molar-refractivity contribution in [3.63, 3.8) is 0 Å². The Morgan fingerprint density at radius 3 is 2.55 bits per heavy atom. The fourth-order valence-electron chi connectivity index (χ4n) is 5.34. The van der Waals surface area contributed by atoms with Gasteiger partial charge in [0, 0.05) is 12.3 Å². The number of hydrogen-bond acceptors (Lipinski definition) is 6. The Labute approximate surface area is 197 Å². The lowest BCUT2D eigenvalue weighted by molar-refractivity contribution is -0.167. The Kier molecular flexibility index (Phi) is 10.1. The summed E-state index contributed by atoms with van der Waals surface area (Å²) in [5.74, 6) is -1.10. The number of allylic oxidation sites excluding steroid dienone is 2. The fourth-order valence-corrected chi connectivity index (χ4v) is 5.34. The van der Waals surface area contributed by atoms with Gasteiger partial charge in [0.2, 0.25) is 0 Å². The Hall–Kier alpha value is -1.70. The number of aliphatic hydroxyl groups is 3. The minimum atomic E-state index is -1.09. The largest absolute Gasteiger partial charge is 0.481 e. The van der Waals surface area contributed by atoms with Crippen LogP contribution in [0.5, 0.6) is 0 Å². The van der Waals surface area contributed by atoms with Crippen LogP contribution in [-0.4, -0.2) is 56.8 Å². The van der Waals surface area contributed by atoms with Crippen molar-refractivity contribution < 1.29 is 34.8 Å². The summed E-state index contributed by atoms with van der Waals surface area (Å²) in [5, 5.41) is 39.4. The average Bonchev–Trinajstić information content (AvgIpc) is 2.72. The van der Waals surface area contributed by atoms with E-state index in [0.717, 1.165) is 18.4 Å². The Balaban J connectivity index is 2.15. The van der Waals surface area contributed by atoms with Crippen molar-refractivity contribution >= 4 is 11.9 Å². The minimum Gasteiger partial charge on any atom is -0.481 e. The first-order chi connectivity index (χ1) is 15.5. The topological polar surface area (TPSA) is 124 Å². The molecular formula is C26H42O7. The number of fused-ring (bicyclic) bond motifs is 1. The van der Waals surface area contributed by atoms with Crippen LogP contribution in [0.15, 0.2) is 23.8 Å². The molecule has 2 unspecified atom stereocenters. The number of carbonyl (C=O) groups excluding carboxylic acids is 1. The van der Waals surface area contributed by atoms with Crippen molar-refractivity contribution in [2.24, 2.45) is 23.2 Å². The van der Waals surface area contributed by atoms with Gasteiger partial charge in [0.25, 0.3) is 0 Å². The molecule has 0 aromatic carbocycles. The van der Waals surface area contributed by atoms with E-state index in [1.54, 1.807) is 0 Å². The predicted octanol–water partition coefficient (Wildman–Crippen LogP) is 3.61. The highest BCUT2D eigenvalue weighted by molar-refractivity contribution is 5.76. The standard InChI is InChI=1S/C26H42O7/c1-5-11-26(4,6-2)25(32)33-22-14-19(28)12-17-8-7-16(3)21(24(17)22)10-9-18(27)13-20(29)15-23(30)31/h7-8,12,16,18-22,24,27-29H,5-6,9-11,13-15H2,1-4H3,(H,30,31)/t16-,18+,19+,20+,21?,22-,24-,26?/m0/s1. The summed E-state index contributed by atoms with van der Waals surface area (Å²) in [4.78, 5) is 23.9. The van der Waals surface area contributed by atoms with Gasteiger partial charge in [-0.25, -0.2) is 0 Å². The van der Waals surface area contributed by atoms with Crippen molar-refractivity contribution in [3.8, 4) is 0 Å². The third-order valence-electron chi connectivity index (χ3n) is 7.49. The van der Waals surface area contributed by atoms with Gasteiger partial charge in [0.1, 0.15) is 6.10 Å². The van der Waals surface area contributed by atoms with E-state index in [4.69, 9.17) is 9.84 Å². The van der Waals surface area contributed by atoms with E-state index >= 15 is 0 Å². The van der Waals surface area contributed by atoms with Crippen LogP contribution in [-0.2, 0) is 14.3 Å². The van der Waals surface area contributed by atoms with E-state index < -0.39 is 35.8 Å². The molecule has 2 aliphatic carbocycles. The van der Waals surface area contributed by atoms with Gasteiger partial charge in [-0.15, -0.1) is 0 Å². The third-order valence-corrected chi connectivity index (χ3v) is 7.49. The normalized spacial score (nSPS) is 30.5. The molecule has 2 rings (SSSR count). The molecule has 0 fully saturated rings. The zero-order chi connectivity index (χ0) is 24.8. The van der Waals surface area contributed by atoms with Gasteiger partial charge in [-0.2, -0.15) is 0 Å². The van der Waals surface area contributed by atoms with Crippen molar-refractivity contribution in [1.82, 2.24) is 0 Å². The maximum atomic E-state index is 13.1. The van der Waals surface area contributed by atoms with Gasteiger partial charge < -0.3 is 25.2 Å². The predicted molar refractivity (Wildman–Crippen MR) is 125 cm³/mol. The highest BCUT2D eigenvalue weighted by Crippen LogP contribution is 2.44. The molecule has 2 aliphatic rings. The second kappa shape index (κ2) is 12.1. The molecular weight excluding hydrogens is 424 g/mol. The number of carboxylic acid groups (broad SMARTS) is 1. The first-order valence-corrected chi connectivity index (χ1v) is 12.4. The highest BCUT2D eigenvalue weighted by Gasteiger charge is 2.44. The smallest absolute Gasteiger partial charge is 0.312 e. The van der Waals surface area contributed by atoms with E-state index in [0.29, 0.717) is 25.7 Å². The average molecular weight is 467 g/mol. The number of ether oxygens (including phenoxy) is 1. The second-order valence-electron chi connectivity index (χ2n) is 10.2. The Morgan fingerprint density at radius 2 is 1.94 bits per heavy atom. The molecule has 0 bridgehead atoms. The molecule has 0 saturated heterocycles. The van der Waals surface area contributed by atoms with Crippen molar-refractivity contribution in [3.05, 3.63) is 23.8 Å². The molecule has 0 spiro atoms. The van der Waals surface area contributed by atoms with Crippen molar-refractivity contribution in [2.45, 2.75) is 103 Å². The van der Waals surface area contributed by atoms with Crippen molar-refractivity contribution in [2.75, 3.05) is 0 Å². The van der Waals surface area contributed by atoms with E-state index in [2.05, 4.69) is 19.9 Å². The van der Waals surface area contributed by atoms with Crippen LogP contribution in [0.3, 0.4) is 0 Å². The van der Waals surface area contributed by atoms with E-state index in [1.165, 1.54) is 0 Å². The first kappa shape index (κ1) is 27.5. The Morgan fingerprint density at radius 1 is 1.24 bits per heavy atom. The van der Waals surface area contributed by atoms with Gasteiger partial charge in [0.05, 0.1) is 30.1 Å². The fraction of sp³-hybridized carbons (Fsp3) is 0.769. The van der Waals surface area contributed by atoms with Crippen LogP contribution in [0.2, 0.25) is 0 Å². The molecule has 33 heavy (non-hydrogen) atoms. The van der Waals surface area contributed by atoms with Crippen LogP contribution in [0.4, 0.5) is 0 Å². The molecule has 0 radical (unpaired) electrons. The number of rotatable bonds is 12. The molecule has 0 amide bonds. The summed E-state index contributed by atoms with van der Waals surface area (Å²) >= 11 is 0. The number of aliphatic carboxylic acids is 1. The zero-order valence-corrected chi connectivity index (χ0v) is 20.4. The number of carbonyl (C=O) groups is 2. The van der Waals surface area contributed by atoms with Crippen LogP contribution in [0.1, 0.15) is 79.1 Å². The van der Waals surface area contributed by atoms with E-state index in [1.807, 2.05) is 26.0 Å². The monoisotopic (exact) mass is 466 g/mol. The lowest BCUT2D eigenvalue weighted by atomic mass is 9.66. The van der Waals surface area contributed by atoms with Crippen LogP contribution < -0.4 is 0 Å². The maximum Gasteiger partial charge on any atom is 0.312 e. The van der Waals surface area contributed by atoms with Gasteiger partial charge in [0.15, 0.2) is 0 Å². The van der Waals surface area contributed by atoms with Gasteiger partial charge >= 0.3 is 11.9 Å². The number of hydrogen-bond donors (Lipinski definition) is 4. The SMILES string of the molecule is CCCC(C)(CC)C(=O)O[C@H]1C[C@H](O)C=C2C=C[C@H](C)C(CC[C@@H](O)C[C@@H](O)CC(=O)O)[C@H]21. The van der Waals surface area contributed by atoms with E-state index in [-0.39, 0.29) is 36.6 Å². The highest BCUT2D eigenvalue weighted by atomic mass is 16.5. The first-order valence-electron chi connectivity index (χ1n) is 12.4. The molecule has 7 heteroatoms. The van der Waals surface area contributed by atoms with Gasteiger partial charge in [-0.3, -0.25) is 9.59 Å². The minimum absolute atomic E-state index is 0.0135. The third kappa shape index (κ3) is 7.39. The molecule has 7 nitrogen and oxygen atoms in total. The summed E-state index contributed by atoms with van der Waals surface area (Å²) in [6, 6.07) is 0. The quantitative estimate of drug-likeness (QED) is 0.324. The van der Waals surface area contributed by atoms with Crippen LogP contribution >= 0.6 is 0 Å². The van der Waals surface area contributed by atoms with Crippen molar-refractivity contribution in [1.29, 1.82) is 0 Å². The molecule has 8 atom stereocenters. The van der Waals surface area contributed by atoms with Gasteiger partial charge in [-0.1, -0.05) is 45.4 Å². The number of esters is 1. The summed E-state index contributed by atoms with van der Waals surface area (Å²) in [7, 11) is 0. The second-order valence-corrected chi connectivity index (χ2v) is 10.2. The molecule has 4 N–H and O–H groups in total. The molecule has 188 valence electrons. The zero-order valence-electron chi connectivity index (χ0n) is 20.4. The summed E-state index contributed by atoms with van der Waals surface area (Å²) in [5.41, 5.74) is 0.409. The van der Waals surface area contributed by atoms with Crippen LogP contribution in [0.25, 0.3) is 0 Å². The molecule has 0 aromatic rings. The lowest BCUT2D eigenvalue weighted by Crippen LogP contribution is -2.44. The molecule has 0 saturated carbocycles. The summed E-state index contributed by atoms with van der Waals surface area (Å²) < 4.78 is 6.09. The number of aliphatic hydroxyl groups excluding tert-OH is 3. The maximum absolute atomic E-state index is 13.1. The molecule has 0 aromatic heterocycles. The molecule has 0 aliphatic heterocycles. The summed E-state index contributed by atoms with van der Waals surface area (Å²) in [6.07, 6.45) is 6.25.